The molecule has 3 aromatic carbocycles. The highest BCUT2D eigenvalue weighted by molar-refractivity contribution is 7.92. The van der Waals surface area contributed by atoms with Crippen LogP contribution in [0.25, 0.3) is 0 Å². The molecule has 7 nitrogen and oxygen atoms in total. The summed E-state index contributed by atoms with van der Waals surface area (Å²) in [5.41, 5.74) is 4.08. The van der Waals surface area contributed by atoms with Crippen molar-refractivity contribution in [3.8, 4) is 0 Å². The third-order valence-corrected chi connectivity index (χ3v) is 8.14. The van der Waals surface area contributed by atoms with E-state index in [4.69, 9.17) is 0 Å². The molecule has 0 aliphatic carbocycles. The summed E-state index contributed by atoms with van der Waals surface area (Å²) in [7, 11) is -4.07. The molecule has 202 valence electrons. The van der Waals surface area contributed by atoms with Crippen molar-refractivity contribution in [2.24, 2.45) is 0 Å². The summed E-state index contributed by atoms with van der Waals surface area (Å²) in [6.45, 7) is 9.55. The molecular weight excluding hydrogens is 498 g/mol. The summed E-state index contributed by atoms with van der Waals surface area (Å²) in [6, 6.07) is 20.6. The molecule has 0 aromatic heterocycles. The first-order chi connectivity index (χ1) is 18.1. The Morgan fingerprint density at radius 3 is 2.05 bits per heavy atom. The fourth-order valence-corrected chi connectivity index (χ4v) is 5.77. The van der Waals surface area contributed by atoms with Crippen molar-refractivity contribution in [3.63, 3.8) is 0 Å². The summed E-state index contributed by atoms with van der Waals surface area (Å²) in [5, 5.41) is 2.82. The van der Waals surface area contributed by atoms with Gasteiger partial charge < -0.3 is 10.2 Å². The van der Waals surface area contributed by atoms with Gasteiger partial charge in [0, 0.05) is 13.1 Å². The topological polar surface area (TPSA) is 86.8 Å². The maximum atomic E-state index is 14.0. The van der Waals surface area contributed by atoms with E-state index >= 15 is 0 Å². The first-order valence-corrected chi connectivity index (χ1v) is 14.3. The van der Waals surface area contributed by atoms with Crippen molar-refractivity contribution in [2.45, 2.75) is 58.5 Å². The van der Waals surface area contributed by atoms with Crippen LogP contribution in [0.4, 0.5) is 5.69 Å². The van der Waals surface area contributed by atoms with Gasteiger partial charge in [0.15, 0.2) is 0 Å². The van der Waals surface area contributed by atoms with E-state index in [1.165, 1.54) is 4.90 Å². The van der Waals surface area contributed by atoms with Gasteiger partial charge in [-0.05, 0) is 69.5 Å². The van der Waals surface area contributed by atoms with Gasteiger partial charge in [0.05, 0.1) is 10.6 Å². The second-order valence-corrected chi connectivity index (χ2v) is 11.4. The molecule has 2 amide bonds. The third kappa shape index (κ3) is 7.01. The molecule has 1 N–H and O–H groups in total. The van der Waals surface area contributed by atoms with Gasteiger partial charge in [-0.2, -0.15) is 0 Å². The predicted octanol–water partition coefficient (Wildman–Crippen LogP) is 4.75. The fraction of sp³-hybridized carbons (Fsp3) is 0.333. The number of benzene rings is 3. The Balaban J connectivity index is 2.06. The Kier molecular flexibility index (Phi) is 9.69. The van der Waals surface area contributed by atoms with Crippen LogP contribution in [0.15, 0.2) is 77.7 Å². The number of nitrogens with zero attached hydrogens (tertiary/aromatic N) is 2. The number of sulfonamides is 1. The van der Waals surface area contributed by atoms with Gasteiger partial charge in [0.25, 0.3) is 10.0 Å². The van der Waals surface area contributed by atoms with Crippen molar-refractivity contribution < 1.29 is 18.0 Å². The highest BCUT2D eigenvalue weighted by Gasteiger charge is 2.33. The van der Waals surface area contributed by atoms with Gasteiger partial charge in [-0.1, -0.05) is 66.6 Å². The zero-order valence-corrected chi connectivity index (χ0v) is 23.6. The second kappa shape index (κ2) is 12.7. The van der Waals surface area contributed by atoms with Crippen molar-refractivity contribution >= 4 is 27.5 Å². The standard InChI is InChI=1S/C30H37N3O4S/c1-6-28(30(35)31-7-2)32(20-25-12-8-10-23(4)18-25)29(34)21-33(26-13-9-11-24(5)19-26)38(36,37)27-16-14-22(3)15-17-27/h8-19,28H,6-7,20-21H2,1-5H3,(H,31,35). The molecule has 3 rings (SSSR count). The Morgan fingerprint density at radius 2 is 1.47 bits per heavy atom. The number of rotatable bonds is 11. The van der Waals surface area contributed by atoms with Crippen LogP contribution in [0.2, 0.25) is 0 Å². The van der Waals surface area contributed by atoms with Crippen LogP contribution in [-0.2, 0) is 26.2 Å². The average molecular weight is 536 g/mol. The van der Waals surface area contributed by atoms with Crippen molar-refractivity contribution in [1.82, 2.24) is 10.2 Å². The molecule has 0 aliphatic rings. The number of hydrogen-bond acceptors (Lipinski definition) is 4. The molecule has 0 saturated heterocycles. The highest BCUT2D eigenvalue weighted by Crippen LogP contribution is 2.26. The Labute approximate surface area is 226 Å². The molecule has 0 fully saturated rings. The maximum absolute atomic E-state index is 14.0. The van der Waals surface area contributed by atoms with Crippen molar-refractivity contribution in [3.05, 3.63) is 95.1 Å². The van der Waals surface area contributed by atoms with E-state index in [0.717, 1.165) is 26.6 Å². The van der Waals surface area contributed by atoms with Crippen LogP contribution in [-0.4, -0.2) is 44.3 Å². The fourth-order valence-electron chi connectivity index (χ4n) is 4.37. The SMILES string of the molecule is CCNC(=O)C(CC)N(Cc1cccc(C)c1)C(=O)CN(c1cccc(C)c1)S(=O)(=O)c1ccc(C)cc1. The summed E-state index contributed by atoms with van der Waals surface area (Å²) in [5.74, 6) is -0.721. The van der Waals surface area contributed by atoms with Crippen molar-refractivity contribution in [2.75, 3.05) is 17.4 Å². The molecule has 8 heteroatoms. The molecule has 0 bridgehead atoms. The van der Waals surface area contributed by atoms with Gasteiger partial charge in [0.2, 0.25) is 11.8 Å². The minimum atomic E-state index is -4.07. The highest BCUT2D eigenvalue weighted by atomic mass is 32.2. The van der Waals surface area contributed by atoms with E-state index in [1.54, 1.807) is 42.5 Å². The zero-order chi connectivity index (χ0) is 27.9. The van der Waals surface area contributed by atoms with Crippen LogP contribution in [0, 0.1) is 20.8 Å². The van der Waals surface area contributed by atoms with Crippen LogP contribution >= 0.6 is 0 Å². The lowest BCUT2D eigenvalue weighted by molar-refractivity contribution is -0.140. The molecule has 0 aliphatic heterocycles. The number of carbonyl (C=O) groups excluding carboxylic acids is 2. The molecule has 0 radical (unpaired) electrons. The number of aryl methyl sites for hydroxylation is 3. The monoisotopic (exact) mass is 535 g/mol. The zero-order valence-electron chi connectivity index (χ0n) is 22.8. The Morgan fingerprint density at radius 1 is 0.842 bits per heavy atom. The lowest BCUT2D eigenvalue weighted by Crippen LogP contribution is -2.52. The van der Waals surface area contributed by atoms with Crippen LogP contribution in [0.3, 0.4) is 0 Å². The minimum absolute atomic E-state index is 0.0957. The summed E-state index contributed by atoms with van der Waals surface area (Å²) in [4.78, 5) is 28.6. The summed E-state index contributed by atoms with van der Waals surface area (Å²) in [6.07, 6.45) is 0.387. The quantitative estimate of drug-likeness (QED) is 0.384. The van der Waals surface area contributed by atoms with Crippen LogP contribution in [0.1, 0.15) is 42.5 Å². The summed E-state index contributed by atoms with van der Waals surface area (Å²) < 4.78 is 28.9. The van der Waals surface area contributed by atoms with E-state index in [1.807, 2.05) is 65.0 Å². The predicted molar refractivity (Wildman–Crippen MR) is 151 cm³/mol. The summed E-state index contributed by atoms with van der Waals surface area (Å²) >= 11 is 0. The van der Waals surface area contributed by atoms with Crippen LogP contribution in [0.5, 0.6) is 0 Å². The number of carbonyl (C=O) groups is 2. The number of likely N-dealkylation sites (N-methyl/N-ethyl adjacent to an activating group) is 1. The molecule has 3 aromatic rings. The molecule has 0 spiro atoms. The molecule has 1 atom stereocenters. The molecule has 1 unspecified atom stereocenters. The number of anilines is 1. The molecule has 0 saturated carbocycles. The average Bonchev–Trinajstić information content (AvgIpc) is 2.87. The minimum Gasteiger partial charge on any atom is -0.355 e. The molecule has 38 heavy (non-hydrogen) atoms. The van der Waals surface area contributed by atoms with Crippen LogP contribution < -0.4 is 9.62 Å². The lowest BCUT2D eigenvalue weighted by atomic mass is 10.1. The largest absolute Gasteiger partial charge is 0.355 e. The van der Waals surface area contributed by atoms with Gasteiger partial charge in [0.1, 0.15) is 12.6 Å². The van der Waals surface area contributed by atoms with E-state index in [2.05, 4.69) is 5.32 Å². The van der Waals surface area contributed by atoms with Gasteiger partial charge in [-0.25, -0.2) is 8.42 Å². The first kappa shape index (κ1) is 28.9. The van der Waals surface area contributed by atoms with Gasteiger partial charge in [-0.3, -0.25) is 13.9 Å². The third-order valence-electron chi connectivity index (χ3n) is 6.35. The number of hydrogen-bond donors (Lipinski definition) is 1. The van der Waals surface area contributed by atoms with E-state index < -0.39 is 28.5 Å². The number of amides is 2. The smallest absolute Gasteiger partial charge is 0.264 e. The second-order valence-electron chi connectivity index (χ2n) is 9.49. The molecular formula is C30H37N3O4S. The van der Waals surface area contributed by atoms with E-state index in [0.29, 0.717) is 18.7 Å². The van der Waals surface area contributed by atoms with E-state index in [9.17, 15) is 18.0 Å². The maximum Gasteiger partial charge on any atom is 0.264 e. The van der Waals surface area contributed by atoms with Crippen molar-refractivity contribution in [1.29, 1.82) is 0 Å². The lowest BCUT2D eigenvalue weighted by Gasteiger charge is -2.33. The van der Waals surface area contributed by atoms with Gasteiger partial charge >= 0.3 is 0 Å². The first-order valence-electron chi connectivity index (χ1n) is 12.9. The Bertz CT molecular complexity index is 1370. The van der Waals surface area contributed by atoms with E-state index in [-0.39, 0.29) is 17.3 Å². The normalized spacial score (nSPS) is 12.0. The number of nitrogens with one attached hydrogen (secondary N) is 1. The Hall–Kier alpha value is -3.65. The molecule has 0 heterocycles. The van der Waals surface area contributed by atoms with Gasteiger partial charge in [-0.15, -0.1) is 0 Å².